The minimum absolute atomic E-state index is 0.00886. The number of morpholine rings is 1. The minimum atomic E-state index is 0.00886. The highest BCUT2D eigenvalue weighted by atomic mass is 16.5. The van der Waals surface area contributed by atoms with Gasteiger partial charge in [0.05, 0.1) is 31.0 Å². The molecule has 1 saturated heterocycles. The molecule has 22 heavy (non-hydrogen) atoms. The lowest BCUT2D eigenvalue weighted by Crippen LogP contribution is -2.51. The number of hydrogen-bond donors (Lipinski definition) is 0. The third kappa shape index (κ3) is 3.75. The average Bonchev–Trinajstić information content (AvgIpc) is 2.86. The van der Waals surface area contributed by atoms with Gasteiger partial charge in [-0.2, -0.15) is 0 Å². The maximum atomic E-state index is 12.3. The SMILES string of the molecule is C[C@@H]1CN([C@@H]2C[C@@H](OCc3ccccc3)CC2=O)C[C@H](C)O1. The summed E-state index contributed by atoms with van der Waals surface area (Å²) in [5, 5.41) is 0. The quantitative estimate of drug-likeness (QED) is 0.856. The van der Waals surface area contributed by atoms with Crippen molar-refractivity contribution in [3.05, 3.63) is 35.9 Å². The van der Waals surface area contributed by atoms with Crippen LogP contribution in [0.4, 0.5) is 0 Å². The van der Waals surface area contributed by atoms with Crippen molar-refractivity contribution >= 4 is 5.78 Å². The van der Waals surface area contributed by atoms with E-state index in [1.54, 1.807) is 0 Å². The molecule has 0 aromatic heterocycles. The number of ether oxygens (including phenoxy) is 2. The largest absolute Gasteiger partial charge is 0.373 e. The number of rotatable bonds is 4. The summed E-state index contributed by atoms with van der Waals surface area (Å²) in [5.41, 5.74) is 1.16. The number of carbonyl (C=O) groups is 1. The summed E-state index contributed by atoms with van der Waals surface area (Å²) in [6.07, 6.45) is 1.79. The van der Waals surface area contributed by atoms with Crippen LogP contribution >= 0.6 is 0 Å². The molecule has 3 rings (SSSR count). The van der Waals surface area contributed by atoms with Crippen LogP contribution in [0.5, 0.6) is 0 Å². The third-order valence-electron chi connectivity index (χ3n) is 4.50. The summed E-state index contributed by atoms with van der Waals surface area (Å²) in [6, 6.07) is 10.1. The topological polar surface area (TPSA) is 38.8 Å². The first-order valence-electron chi connectivity index (χ1n) is 8.19. The molecular weight excluding hydrogens is 278 g/mol. The van der Waals surface area contributed by atoms with Crippen molar-refractivity contribution < 1.29 is 14.3 Å². The molecule has 4 atom stereocenters. The molecule has 0 bridgehead atoms. The van der Waals surface area contributed by atoms with Crippen molar-refractivity contribution in [3.8, 4) is 0 Å². The molecule has 1 aliphatic carbocycles. The maximum Gasteiger partial charge on any atom is 0.152 e. The number of benzene rings is 1. The zero-order chi connectivity index (χ0) is 15.5. The fourth-order valence-electron chi connectivity index (χ4n) is 3.56. The van der Waals surface area contributed by atoms with Crippen LogP contribution in [0, 0.1) is 0 Å². The summed E-state index contributed by atoms with van der Waals surface area (Å²) in [7, 11) is 0. The van der Waals surface area contributed by atoms with Gasteiger partial charge >= 0.3 is 0 Å². The van der Waals surface area contributed by atoms with Crippen LogP contribution in [0.25, 0.3) is 0 Å². The van der Waals surface area contributed by atoms with Crippen LogP contribution in [-0.2, 0) is 20.9 Å². The fraction of sp³-hybridized carbons (Fsp3) is 0.611. The zero-order valence-electron chi connectivity index (χ0n) is 13.4. The number of nitrogens with zero attached hydrogens (tertiary/aromatic N) is 1. The van der Waals surface area contributed by atoms with Crippen molar-refractivity contribution in [1.29, 1.82) is 0 Å². The Morgan fingerprint density at radius 3 is 2.55 bits per heavy atom. The highest BCUT2D eigenvalue weighted by molar-refractivity contribution is 5.86. The number of hydrogen-bond acceptors (Lipinski definition) is 4. The average molecular weight is 303 g/mol. The van der Waals surface area contributed by atoms with Gasteiger partial charge in [-0.25, -0.2) is 0 Å². The summed E-state index contributed by atoms with van der Waals surface area (Å²) >= 11 is 0. The van der Waals surface area contributed by atoms with Crippen LogP contribution in [-0.4, -0.2) is 48.1 Å². The standard InChI is InChI=1S/C18H25NO3/c1-13-10-19(11-14(2)22-13)17-8-16(9-18(17)20)21-12-15-6-4-3-5-7-15/h3-7,13-14,16-17H,8-12H2,1-2H3/t13-,14+,16-,17-/m1/s1. The van der Waals surface area contributed by atoms with E-state index >= 15 is 0 Å². The van der Waals surface area contributed by atoms with Crippen LogP contribution in [0.2, 0.25) is 0 Å². The predicted molar refractivity (Wildman–Crippen MR) is 84.6 cm³/mol. The molecule has 1 aliphatic heterocycles. The molecule has 0 spiro atoms. The van der Waals surface area contributed by atoms with Crippen molar-refractivity contribution in [3.63, 3.8) is 0 Å². The molecule has 0 unspecified atom stereocenters. The molecule has 1 saturated carbocycles. The highest BCUT2D eigenvalue weighted by Gasteiger charge is 2.39. The molecule has 1 aromatic carbocycles. The smallest absolute Gasteiger partial charge is 0.152 e. The second kappa shape index (κ2) is 6.90. The van der Waals surface area contributed by atoms with Gasteiger partial charge < -0.3 is 9.47 Å². The predicted octanol–water partition coefficient (Wildman–Crippen LogP) is 2.41. The van der Waals surface area contributed by atoms with Gasteiger partial charge in [-0.3, -0.25) is 9.69 Å². The van der Waals surface area contributed by atoms with Gasteiger partial charge in [-0.15, -0.1) is 0 Å². The van der Waals surface area contributed by atoms with Crippen molar-refractivity contribution in [1.82, 2.24) is 4.90 Å². The molecule has 2 fully saturated rings. The Morgan fingerprint density at radius 2 is 1.86 bits per heavy atom. The second-order valence-electron chi connectivity index (χ2n) is 6.55. The van der Waals surface area contributed by atoms with Crippen LogP contribution in [0.3, 0.4) is 0 Å². The van der Waals surface area contributed by atoms with E-state index in [9.17, 15) is 4.79 Å². The fourth-order valence-corrected chi connectivity index (χ4v) is 3.56. The number of Topliss-reactive ketones (excluding diaryl/α,β-unsaturated/α-hetero) is 1. The molecule has 4 nitrogen and oxygen atoms in total. The van der Waals surface area contributed by atoms with Gasteiger partial charge in [0, 0.05) is 19.5 Å². The summed E-state index contributed by atoms with van der Waals surface area (Å²) in [5.74, 6) is 0.319. The lowest BCUT2D eigenvalue weighted by molar-refractivity contribution is -0.127. The van der Waals surface area contributed by atoms with E-state index < -0.39 is 0 Å². The van der Waals surface area contributed by atoms with Crippen molar-refractivity contribution in [2.45, 2.75) is 57.6 Å². The Bertz CT molecular complexity index is 494. The zero-order valence-corrected chi connectivity index (χ0v) is 13.4. The van der Waals surface area contributed by atoms with E-state index in [1.165, 1.54) is 0 Å². The van der Waals surface area contributed by atoms with Crippen LogP contribution < -0.4 is 0 Å². The first-order chi connectivity index (χ1) is 10.6. The molecule has 0 N–H and O–H groups in total. The molecule has 0 amide bonds. The van der Waals surface area contributed by atoms with Gasteiger partial charge in [0.25, 0.3) is 0 Å². The van der Waals surface area contributed by atoms with Gasteiger partial charge in [-0.1, -0.05) is 30.3 Å². The van der Waals surface area contributed by atoms with E-state index in [-0.39, 0.29) is 24.4 Å². The van der Waals surface area contributed by atoms with E-state index in [4.69, 9.17) is 9.47 Å². The lowest BCUT2D eigenvalue weighted by Gasteiger charge is -2.38. The maximum absolute atomic E-state index is 12.3. The van der Waals surface area contributed by atoms with E-state index in [1.807, 2.05) is 18.2 Å². The summed E-state index contributed by atoms with van der Waals surface area (Å²) < 4.78 is 11.7. The monoisotopic (exact) mass is 303 g/mol. The Labute approximate surface area is 132 Å². The second-order valence-corrected chi connectivity index (χ2v) is 6.55. The Kier molecular flexibility index (Phi) is 4.91. The molecule has 1 heterocycles. The first kappa shape index (κ1) is 15.7. The van der Waals surface area contributed by atoms with Crippen LogP contribution in [0.1, 0.15) is 32.3 Å². The highest BCUT2D eigenvalue weighted by Crippen LogP contribution is 2.27. The molecular formula is C18H25NO3. The lowest BCUT2D eigenvalue weighted by atomic mass is 10.1. The normalized spacial score (nSPS) is 33.3. The Balaban J connectivity index is 1.54. The first-order valence-corrected chi connectivity index (χ1v) is 8.19. The summed E-state index contributed by atoms with van der Waals surface area (Å²) in [4.78, 5) is 14.6. The van der Waals surface area contributed by atoms with Gasteiger partial charge in [0.2, 0.25) is 0 Å². The Hall–Kier alpha value is -1.23. The van der Waals surface area contributed by atoms with Crippen molar-refractivity contribution in [2.24, 2.45) is 0 Å². The molecule has 2 aliphatic rings. The van der Waals surface area contributed by atoms with E-state index in [0.29, 0.717) is 18.8 Å². The number of ketones is 1. The van der Waals surface area contributed by atoms with Gasteiger partial charge in [0.15, 0.2) is 5.78 Å². The van der Waals surface area contributed by atoms with Gasteiger partial charge in [0.1, 0.15) is 0 Å². The molecule has 120 valence electrons. The van der Waals surface area contributed by atoms with Crippen molar-refractivity contribution in [2.75, 3.05) is 13.1 Å². The van der Waals surface area contributed by atoms with E-state index in [0.717, 1.165) is 25.1 Å². The van der Waals surface area contributed by atoms with Gasteiger partial charge in [-0.05, 0) is 25.8 Å². The third-order valence-corrected chi connectivity index (χ3v) is 4.50. The molecule has 0 radical (unpaired) electrons. The van der Waals surface area contributed by atoms with Crippen LogP contribution in [0.15, 0.2) is 30.3 Å². The summed E-state index contributed by atoms with van der Waals surface area (Å²) in [6.45, 7) is 6.41. The van der Waals surface area contributed by atoms with E-state index in [2.05, 4.69) is 30.9 Å². The molecule has 1 aromatic rings. The minimum Gasteiger partial charge on any atom is -0.373 e. The Morgan fingerprint density at radius 1 is 1.18 bits per heavy atom. The molecule has 4 heteroatoms. The number of carbonyl (C=O) groups excluding carboxylic acids is 1.